The molecule has 2 aromatic rings. The molecule has 33 heavy (non-hydrogen) atoms. The Bertz CT molecular complexity index is 1180. The van der Waals surface area contributed by atoms with Crippen LogP contribution in [0.1, 0.15) is 28.5 Å². The zero-order valence-corrected chi connectivity index (χ0v) is 18.7. The number of nitrogens with zero attached hydrogens (tertiary/aromatic N) is 2. The minimum absolute atomic E-state index is 0.123. The summed E-state index contributed by atoms with van der Waals surface area (Å²) in [5.74, 6) is 0.655. The first-order valence-electron chi connectivity index (χ1n) is 10.6. The highest BCUT2D eigenvalue weighted by Crippen LogP contribution is 2.26. The number of hydrogen-bond acceptors (Lipinski definition) is 6. The van der Waals surface area contributed by atoms with Crippen molar-refractivity contribution in [2.45, 2.75) is 6.92 Å². The molecule has 4 rings (SSSR count). The van der Waals surface area contributed by atoms with E-state index in [1.807, 2.05) is 49.4 Å². The minimum Gasteiger partial charge on any atom is -0.468 e. The van der Waals surface area contributed by atoms with Gasteiger partial charge in [0.1, 0.15) is 5.76 Å². The molecule has 0 radical (unpaired) electrons. The van der Waals surface area contributed by atoms with Crippen LogP contribution in [0.2, 0.25) is 0 Å². The van der Waals surface area contributed by atoms with Crippen LogP contribution in [0.25, 0.3) is 5.70 Å². The topological polar surface area (TPSA) is 84.8 Å². The largest absolute Gasteiger partial charge is 0.468 e. The molecule has 0 saturated carbocycles. The Labute approximate surface area is 193 Å². The summed E-state index contributed by atoms with van der Waals surface area (Å²) in [6, 6.07) is 13.1. The van der Waals surface area contributed by atoms with Crippen molar-refractivity contribution in [2.24, 2.45) is 4.99 Å². The lowest BCUT2D eigenvalue weighted by atomic mass is 10.0. The van der Waals surface area contributed by atoms with E-state index < -0.39 is 0 Å². The second kappa shape index (κ2) is 10.1. The molecule has 2 N–H and O–H groups in total. The number of aliphatic imine (C=N–C) groups is 1. The van der Waals surface area contributed by atoms with Crippen LogP contribution >= 0.6 is 0 Å². The molecule has 1 aromatic carbocycles. The zero-order chi connectivity index (χ0) is 23.2. The van der Waals surface area contributed by atoms with E-state index in [9.17, 15) is 4.79 Å². The first-order valence-corrected chi connectivity index (χ1v) is 10.6. The lowest BCUT2D eigenvalue weighted by Crippen LogP contribution is -2.28. The maximum absolute atomic E-state index is 11.9. The molecule has 0 spiro atoms. The van der Waals surface area contributed by atoms with E-state index in [2.05, 4.69) is 22.2 Å². The summed E-state index contributed by atoms with van der Waals surface area (Å²) < 4.78 is 10.9. The van der Waals surface area contributed by atoms with Gasteiger partial charge in [0.25, 0.3) is 5.91 Å². The van der Waals surface area contributed by atoms with Gasteiger partial charge in [0.05, 0.1) is 36.0 Å². The standard InChI is InChI=1S/C26H26N4O3/c1-17(7-12-23-18(2)15-32-16-33-23)24-25(21-6-4-5-13-28-21)29-14-22(30-24)19-8-10-20(11-9-19)26(31)27-3/h4-13,29H,1,14-16H2,2-3H3,(H,27,31)/b12-7-. The van der Waals surface area contributed by atoms with Gasteiger partial charge in [-0.25, -0.2) is 4.99 Å². The Morgan fingerprint density at radius 3 is 2.73 bits per heavy atom. The van der Waals surface area contributed by atoms with E-state index in [1.165, 1.54) is 0 Å². The van der Waals surface area contributed by atoms with Gasteiger partial charge in [0.2, 0.25) is 0 Å². The fourth-order valence-corrected chi connectivity index (χ4v) is 3.51. The lowest BCUT2D eigenvalue weighted by molar-refractivity contribution is -0.0309. The van der Waals surface area contributed by atoms with Gasteiger partial charge in [-0.05, 0) is 60.1 Å². The predicted molar refractivity (Wildman–Crippen MR) is 128 cm³/mol. The Balaban J connectivity index is 1.70. The predicted octanol–water partition coefficient (Wildman–Crippen LogP) is 3.59. The molecule has 1 aromatic heterocycles. The number of amides is 1. The van der Waals surface area contributed by atoms with E-state index in [1.54, 1.807) is 25.4 Å². The van der Waals surface area contributed by atoms with Crippen LogP contribution in [0.5, 0.6) is 0 Å². The van der Waals surface area contributed by atoms with Gasteiger partial charge < -0.3 is 20.1 Å². The zero-order valence-electron chi connectivity index (χ0n) is 18.7. The molecule has 3 heterocycles. The van der Waals surface area contributed by atoms with Crippen molar-refractivity contribution in [1.29, 1.82) is 0 Å². The number of pyridine rings is 1. The Morgan fingerprint density at radius 2 is 2.03 bits per heavy atom. The summed E-state index contributed by atoms with van der Waals surface area (Å²) in [4.78, 5) is 21.3. The lowest BCUT2D eigenvalue weighted by Gasteiger charge is -2.22. The molecule has 1 amide bonds. The third-order valence-electron chi connectivity index (χ3n) is 5.32. The van der Waals surface area contributed by atoms with Crippen LogP contribution in [0, 0.1) is 0 Å². The van der Waals surface area contributed by atoms with Crippen LogP contribution in [0.4, 0.5) is 0 Å². The average molecular weight is 443 g/mol. The molecule has 168 valence electrons. The molecule has 0 unspecified atom stereocenters. The average Bonchev–Trinajstić information content (AvgIpc) is 2.88. The second-order valence-corrected chi connectivity index (χ2v) is 7.62. The SMILES string of the molecule is C=C(/C=C\C1=C(C)COCO1)C1=C(c2ccccn2)NCC(c2ccc(C(=O)NC)cc2)=N1. The maximum atomic E-state index is 11.9. The molecule has 0 fully saturated rings. The number of benzene rings is 1. The number of carbonyl (C=O) groups excluding carboxylic acids is 1. The molecule has 0 aliphatic carbocycles. The molecule has 0 atom stereocenters. The van der Waals surface area contributed by atoms with E-state index >= 15 is 0 Å². The van der Waals surface area contributed by atoms with Crippen molar-refractivity contribution in [3.05, 3.63) is 107 Å². The normalized spacial score (nSPS) is 16.2. The number of ether oxygens (including phenoxy) is 2. The summed E-state index contributed by atoms with van der Waals surface area (Å²) in [6.07, 6.45) is 5.54. The van der Waals surface area contributed by atoms with E-state index in [0.29, 0.717) is 24.4 Å². The van der Waals surface area contributed by atoms with Crippen molar-refractivity contribution in [3.63, 3.8) is 0 Å². The third-order valence-corrected chi connectivity index (χ3v) is 5.32. The van der Waals surface area contributed by atoms with Gasteiger partial charge in [-0.15, -0.1) is 0 Å². The summed E-state index contributed by atoms with van der Waals surface area (Å²) in [6.45, 7) is 7.54. The van der Waals surface area contributed by atoms with Crippen molar-refractivity contribution < 1.29 is 14.3 Å². The monoisotopic (exact) mass is 442 g/mol. The van der Waals surface area contributed by atoms with Crippen LogP contribution in [-0.2, 0) is 9.47 Å². The van der Waals surface area contributed by atoms with Crippen molar-refractivity contribution in [3.8, 4) is 0 Å². The Kier molecular flexibility index (Phi) is 6.80. The summed E-state index contributed by atoms with van der Waals surface area (Å²) in [7, 11) is 1.61. The van der Waals surface area contributed by atoms with Crippen LogP contribution < -0.4 is 10.6 Å². The fraction of sp³-hybridized carbons (Fsp3) is 0.192. The van der Waals surface area contributed by atoms with Crippen molar-refractivity contribution in [1.82, 2.24) is 15.6 Å². The second-order valence-electron chi connectivity index (χ2n) is 7.62. The number of allylic oxidation sites excluding steroid dienone is 2. The highest BCUT2D eigenvalue weighted by molar-refractivity contribution is 6.06. The highest BCUT2D eigenvalue weighted by atomic mass is 16.7. The first-order chi connectivity index (χ1) is 16.1. The summed E-state index contributed by atoms with van der Waals surface area (Å²) in [5, 5.41) is 6.09. The van der Waals surface area contributed by atoms with Gasteiger partial charge >= 0.3 is 0 Å². The van der Waals surface area contributed by atoms with Crippen molar-refractivity contribution in [2.75, 3.05) is 27.0 Å². The van der Waals surface area contributed by atoms with E-state index in [0.717, 1.165) is 39.6 Å². The van der Waals surface area contributed by atoms with Gasteiger partial charge in [-0.2, -0.15) is 0 Å². The summed E-state index contributed by atoms with van der Waals surface area (Å²) >= 11 is 0. The molecular formula is C26H26N4O3. The molecule has 2 aliphatic rings. The number of aromatic nitrogens is 1. The third kappa shape index (κ3) is 5.10. The smallest absolute Gasteiger partial charge is 0.251 e. The minimum atomic E-state index is -0.123. The first kappa shape index (κ1) is 22.2. The van der Waals surface area contributed by atoms with Crippen molar-refractivity contribution >= 4 is 17.3 Å². The number of nitrogens with one attached hydrogen (secondary N) is 2. The van der Waals surface area contributed by atoms with E-state index in [-0.39, 0.29) is 12.7 Å². The quantitative estimate of drug-likeness (QED) is 0.668. The highest BCUT2D eigenvalue weighted by Gasteiger charge is 2.20. The number of carbonyl (C=O) groups is 1. The summed E-state index contributed by atoms with van der Waals surface area (Å²) in [5.41, 5.74) is 6.42. The van der Waals surface area contributed by atoms with Gasteiger partial charge in [0, 0.05) is 18.8 Å². The molecule has 0 saturated heterocycles. The van der Waals surface area contributed by atoms with Gasteiger partial charge in [-0.1, -0.05) is 24.8 Å². The number of hydrogen-bond donors (Lipinski definition) is 2. The maximum Gasteiger partial charge on any atom is 0.251 e. The van der Waals surface area contributed by atoms with Crippen LogP contribution in [-0.4, -0.2) is 43.6 Å². The van der Waals surface area contributed by atoms with E-state index in [4.69, 9.17) is 14.5 Å². The molecular weight excluding hydrogens is 416 g/mol. The number of rotatable bonds is 6. The van der Waals surface area contributed by atoms with Gasteiger partial charge in [0.15, 0.2) is 6.79 Å². The fourth-order valence-electron chi connectivity index (χ4n) is 3.51. The molecule has 7 nitrogen and oxygen atoms in total. The van der Waals surface area contributed by atoms with Crippen LogP contribution in [0.15, 0.2) is 95.0 Å². The Hall–Kier alpha value is -3.97. The molecule has 2 aliphatic heterocycles. The van der Waals surface area contributed by atoms with Crippen LogP contribution in [0.3, 0.4) is 0 Å². The molecule has 7 heteroatoms. The molecule has 0 bridgehead atoms. The Morgan fingerprint density at radius 1 is 1.21 bits per heavy atom. The van der Waals surface area contributed by atoms with Gasteiger partial charge in [-0.3, -0.25) is 9.78 Å².